The molecule has 0 aliphatic carbocycles. The van der Waals surface area contributed by atoms with Crippen molar-refractivity contribution in [1.29, 1.82) is 0 Å². The fourth-order valence-electron chi connectivity index (χ4n) is 1.55. The van der Waals surface area contributed by atoms with Gasteiger partial charge in [-0.25, -0.2) is 4.99 Å². The number of hydrogen-bond acceptors (Lipinski definition) is 1. The summed E-state index contributed by atoms with van der Waals surface area (Å²) in [5, 5.41) is 1.81. The van der Waals surface area contributed by atoms with Crippen LogP contribution in [0.3, 0.4) is 0 Å². The Morgan fingerprint density at radius 3 is 2.10 bits per heavy atom. The average molecular weight is 326 g/mol. The molecule has 0 saturated heterocycles. The minimum atomic E-state index is 0.378. The predicted octanol–water partition coefficient (Wildman–Crippen LogP) is 5.35. The summed E-state index contributed by atoms with van der Waals surface area (Å²) in [6.07, 6.45) is 3.49. The van der Waals surface area contributed by atoms with Gasteiger partial charge in [0.15, 0.2) is 0 Å². The quantitative estimate of drug-likeness (QED) is 0.599. The number of nitrogens with two attached hydrogens (primary N) is 1. The lowest BCUT2D eigenvalue weighted by Crippen LogP contribution is -2.06. The van der Waals surface area contributed by atoms with E-state index >= 15 is 0 Å². The molecule has 2 aromatic carbocycles. The molecule has 0 aliphatic heterocycles. The van der Waals surface area contributed by atoms with Crippen LogP contribution >= 0.6 is 34.8 Å². The highest BCUT2D eigenvalue weighted by Gasteiger charge is 1.96. The number of hydrogen-bond donors (Lipinski definition) is 1. The summed E-state index contributed by atoms with van der Waals surface area (Å²) in [7, 11) is 0. The molecule has 2 rings (SSSR count). The van der Waals surface area contributed by atoms with E-state index < -0.39 is 0 Å². The normalized spacial score (nSPS) is 12.1. The third kappa shape index (κ3) is 4.57. The Morgan fingerprint density at radius 2 is 1.50 bits per heavy atom. The van der Waals surface area contributed by atoms with Crippen LogP contribution in [0.5, 0.6) is 0 Å². The summed E-state index contributed by atoms with van der Waals surface area (Å²) >= 11 is 17.6. The van der Waals surface area contributed by atoms with Gasteiger partial charge in [0.1, 0.15) is 5.84 Å². The Morgan fingerprint density at radius 1 is 0.900 bits per heavy atom. The Hall–Kier alpha value is -1.48. The van der Waals surface area contributed by atoms with E-state index in [9.17, 15) is 0 Å². The topological polar surface area (TPSA) is 38.4 Å². The van der Waals surface area contributed by atoms with E-state index in [4.69, 9.17) is 40.5 Å². The third-order valence-electron chi connectivity index (χ3n) is 2.42. The van der Waals surface area contributed by atoms with Crippen LogP contribution in [-0.4, -0.2) is 5.84 Å². The van der Waals surface area contributed by atoms with Crippen LogP contribution in [0, 0.1) is 0 Å². The average Bonchev–Trinajstić information content (AvgIpc) is 2.38. The van der Waals surface area contributed by atoms with E-state index in [1.165, 1.54) is 0 Å². The van der Waals surface area contributed by atoms with E-state index in [0.29, 0.717) is 20.9 Å². The van der Waals surface area contributed by atoms with Crippen LogP contribution in [0.25, 0.3) is 6.08 Å². The standard InChI is InChI=1S/C15H11Cl3N2/c16-11-2-4-14(5-3-11)20-15(19)6-1-10-7-12(17)9-13(18)8-10/h1-9H,(H2,19,20). The molecule has 0 bridgehead atoms. The maximum atomic E-state index is 5.92. The van der Waals surface area contributed by atoms with Crippen LogP contribution in [0.2, 0.25) is 15.1 Å². The van der Waals surface area contributed by atoms with Crippen molar-refractivity contribution in [3.8, 4) is 0 Å². The molecule has 2 N–H and O–H groups in total. The molecule has 0 saturated carbocycles. The van der Waals surface area contributed by atoms with Crippen molar-refractivity contribution < 1.29 is 0 Å². The molecular weight excluding hydrogens is 315 g/mol. The zero-order valence-electron chi connectivity index (χ0n) is 10.4. The third-order valence-corrected chi connectivity index (χ3v) is 3.10. The zero-order chi connectivity index (χ0) is 14.5. The highest BCUT2D eigenvalue weighted by molar-refractivity contribution is 6.34. The first-order valence-corrected chi connectivity index (χ1v) is 6.90. The van der Waals surface area contributed by atoms with Gasteiger partial charge in [-0.1, -0.05) is 40.9 Å². The molecule has 0 unspecified atom stereocenters. The monoisotopic (exact) mass is 324 g/mol. The van der Waals surface area contributed by atoms with E-state index in [-0.39, 0.29) is 0 Å². The number of rotatable bonds is 3. The van der Waals surface area contributed by atoms with E-state index in [1.54, 1.807) is 54.6 Å². The number of benzene rings is 2. The highest BCUT2D eigenvalue weighted by atomic mass is 35.5. The minimum absolute atomic E-state index is 0.378. The van der Waals surface area contributed by atoms with Crippen molar-refractivity contribution >= 4 is 52.4 Å². The lowest BCUT2D eigenvalue weighted by molar-refractivity contribution is 1.48. The molecular formula is C15H11Cl3N2. The molecule has 0 fully saturated rings. The molecule has 0 amide bonds. The van der Waals surface area contributed by atoms with Crippen molar-refractivity contribution in [3.05, 3.63) is 69.2 Å². The van der Waals surface area contributed by atoms with Crippen molar-refractivity contribution in [2.75, 3.05) is 0 Å². The summed E-state index contributed by atoms with van der Waals surface area (Å²) in [5.41, 5.74) is 7.43. The largest absolute Gasteiger partial charge is 0.384 e. The Kier molecular flexibility index (Phi) is 5.07. The van der Waals surface area contributed by atoms with Gasteiger partial charge in [-0.05, 0) is 54.1 Å². The van der Waals surface area contributed by atoms with Crippen molar-refractivity contribution in [1.82, 2.24) is 0 Å². The first-order chi connectivity index (χ1) is 9.52. The van der Waals surface area contributed by atoms with Gasteiger partial charge < -0.3 is 5.73 Å². The molecule has 0 radical (unpaired) electrons. The highest BCUT2D eigenvalue weighted by Crippen LogP contribution is 2.20. The van der Waals surface area contributed by atoms with Crippen LogP contribution in [-0.2, 0) is 0 Å². The van der Waals surface area contributed by atoms with Gasteiger partial charge in [0.2, 0.25) is 0 Å². The van der Waals surface area contributed by atoms with Gasteiger partial charge in [0.25, 0.3) is 0 Å². The molecule has 2 nitrogen and oxygen atoms in total. The first-order valence-electron chi connectivity index (χ1n) is 5.77. The Bertz CT molecular complexity index is 641. The summed E-state index contributed by atoms with van der Waals surface area (Å²) in [4.78, 5) is 4.24. The van der Waals surface area contributed by atoms with Gasteiger partial charge in [0, 0.05) is 15.1 Å². The molecule has 102 valence electrons. The summed E-state index contributed by atoms with van der Waals surface area (Å²) in [6.45, 7) is 0. The molecule has 0 heterocycles. The van der Waals surface area contributed by atoms with Gasteiger partial charge >= 0.3 is 0 Å². The minimum Gasteiger partial charge on any atom is -0.384 e. The Balaban J connectivity index is 2.15. The molecule has 0 aliphatic rings. The summed E-state index contributed by atoms with van der Waals surface area (Å²) in [6, 6.07) is 12.4. The predicted molar refractivity (Wildman–Crippen MR) is 88.2 cm³/mol. The molecule has 5 heteroatoms. The van der Waals surface area contributed by atoms with E-state index in [1.807, 2.05) is 0 Å². The van der Waals surface area contributed by atoms with Crippen LogP contribution in [0.15, 0.2) is 53.5 Å². The molecule has 20 heavy (non-hydrogen) atoms. The fourth-order valence-corrected chi connectivity index (χ4v) is 2.22. The van der Waals surface area contributed by atoms with Gasteiger partial charge in [-0.15, -0.1) is 0 Å². The zero-order valence-corrected chi connectivity index (χ0v) is 12.6. The molecule has 0 spiro atoms. The second-order valence-corrected chi connectivity index (χ2v) is 5.36. The van der Waals surface area contributed by atoms with Crippen LogP contribution in [0.1, 0.15) is 5.56 Å². The Labute approximate surface area is 132 Å². The lowest BCUT2D eigenvalue weighted by Gasteiger charge is -1.98. The van der Waals surface area contributed by atoms with E-state index in [0.717, 1.165) is 11.3 Å². The fraction of sp³-hybridized carbons (Fsp3) is 0. The smallest absolute Gasteiger partial charge is 0.124 e. The van der Waals surface area contributed by atoms with Crippen LogP contribution < -0.4 is 5.73 Å². The molecule has 2 aromatic rings. The van der Waals surface area contributed by atoms with Crippen molar-refractivity contribution in [3.63, 3.8) is 0 Å². The van der Waals surface area contributed by atoms with E-state index in [2.05, 4.69) is 4.99 Å². The lowest BCUT2D eigenvalue weighted by atomic mass is 10.2. The number of amidine groups is 1. The first kappa shape index (κ1) is 14.9. The molecule has 0 aromatic heterocycles. The number of aliphatic imine (C=N–C) groups is 1. The summed E-state index contributed by atoms with van der Waals surface area (Å²) in [5.74, 6) is 0.378. The second-order valence-electron chi connectivity index (χ2n) is 4.05. The maximum absolute atomic E-state index is 5.92. The number of halogens is 3. The summed E-state index contributed by atoms with van der Waals surface area (Å²) < 4.78 is 0. The SMILES string of the molecule is NC(C=Cc1cc(Cl)cc(Cl)c1)=Nc1ccc(Cl)cc1. The van der Waals surface area contributed by atoms with Gasteiger partial charge in [-0.2, -0.15) is 0 Å². The van der Waals surface area contributed by atoms with Gasteiger partial charge in [0.05, 0.1) is 5.69 Å². The van der Waals surface area contributed by atoms with Crippen molar-refractivity contribution in [2.45, 2.75) is 0 Å². The molecule has 0 atom stereocenters. The van der Waals surface area contributed by atoms with Gasteiger partial charge in [-0.3, -0.25) is 0 Å². The number of nitrogens with zero attached hydrogens (tertiary/aromatic N) is 1. The second kappa shape index (κ2) is 6.80. The maximum Gasteiger partial charge on any atom is 0.124 e. The van der Waals surface area contributed by atoms with Crippen LogP contribution in [0.4, 0.5) is 5.69 Å². The van der Waals surface area contributed by atoms with Crippen molar-refractivity contribution in [2.24, 2.45) is 10.7 Å².